The monoisotopic (exact) mass is 349 g/mol. The predicted molar refractivity (Wildman–Crippen MR) is 92.1 cm³/mol. The molecule has 26 heavy (non-hydrogen) atoms. The third kappa shape index (κ3) is 2.34. The molecule has 8 nitrogen and oxygen atoms in total. The van der Waals surface area contributed by atoms with Gasteiger partial charge in [0.15, 0.2) is 5.69 Å². The summed E-state index contributed by atoms with van der Waals surface area (Å²) in [7, 11) is 0. The molecule has 1 aliphatic heterocycles. The molecule has 0 saturated heterocycles. The van der Waals surface area contributed by atoms with Gasteiger partial charge in [-0.2, -0.15) is 0 Å². The lowest BCUT2D eigenvalue weighted by Gasteiger charge is -2.13. The maximum Gasteiger partial charge on any atom is 0.268 e. The van der Waals surface area contributed by atoms with E-state index in [9.17, 15) is 9.59 Å². The number of anilines is 1. The largest absolute Gasteiger partial charge is 0.420 e. The van der Waals surface area contributed by atoms with Gasteiger partial charge in [0.25, 0.3) is 17.7 Å². The number of rotatable bonds is 3. The van der Waals surface area contributed by atoms with Gasteiger partial charge in [-0.15, -0.1) is 10.2 Å². The Bertz CT molecular complexity index is 1040. The van der Waals surface area contributed by atoms with E-state index in [1.54, 1.807) is 13.8 Å². The Hall–Kier alpha value is -3.55. The first-order valence-electron chi connectivity index (χ1n) is 7.98. The van der Waals surface area contributed by atoms with Crippen LogP contribution in [0.2, 0.25) is 0 Å². The molecule has 1 aromatic carbocycles. The number of carbonyl (C=O) groups excluding carboxylic acids is 2. The lowest BCUT2D eigenvalue weighted by molar-refractivity contribution is 0.0642. The fourth-order valence-electron chi connectivity index (χ4n) is 3.03. The van der Waals surface area contributed by atoms with Gasteiger partial charge >= 0.3 is 0 Å². The summed E-state index contributed by atoms with van der Waals surface area (Å²) in [6, 6.07) is 9.28. The molecule has 3 heterocycles. The van der Waals surface area contributed by atoms with E-state index in [4.69, 9.17) is 10.2 Å². The second-order valence-corrected chi connectivity index (χ2v) is 6.02. The van der Waals surface area contributed by atoms with Crippen LogP contribution < -0.4 is 5.73 Å². The number of benzene rings is 1. The van der Waals surface area contributed by atoms with E-state index in [0.29, 0.717) is 11.6 Å². The molecule has 0 atom stereocenters. The van der Waals surface area contributed by atoms with Gasteiger partial charge in [-0.3, -0.25) is 14.5 Å². The Balaban J connectivity index is 1.80. The summed E-state index contributed by atoms with van der Waals surface area (Å²) in [5.74, 6) is -0.381. The van der Waals surface area contributed by atoms with Crippen molar-refractivity contribution in [2.75, 3.05) is 5.73 Å². The van der Waals surface area contributed by atoms with E-state index in [0.717, 1.165) is 5.56 Å². The average Bonchev–Trinajstić information content (AvgIpc) is 3.16. The van der Waals surface area contributed by atoms with Crippen LogP contribution in [0.5, 0.6) is 0 Å². The quantitative estimate of drug-likeness (QED) is 0.720. The van der Waals surface area contributed by atoms with Crippen LogP contribution in [0.1, 0.15) is 37.9 Å². The number of nitrogen functional groups attached to an aromatic ring is 1. The first-order valence-corrected chi connectivity index (χ1v) is 7.98. The second-order valence-electron chi connectivity index (χ2n) is 6.02. The summed E-state index contributed by atoms with van der Waals surface area (Å²) < 4.78 is 5.38. The first-order chi connectivity index (χ1) is 12.5. The van der Waals surface area contributed by atoms with E-state index in [1.807, 2.05) is 30.3 Å². The molecule has 0 spiro atoms. The Morgan fingerprint density at radius 2 is 1.73 bits per heavy atom. The van der Waals surface area contributed by atoms with E-state index >= 15 is 0 Å². The number of hydrogen-bond acceptors (Lipinski definition) is 7. The molecule has 2 N–H and O–H groups in total. The average molecular weight is 349 g/mol. The summed E-state index contributed by atoms with van der Waals surface area (Å²) in [6.07, 6.45) is 0. The third-order valence-electron chi connectivity index (χ3n) is 4.25. The molecule has 0 aliphatic carbocycles. The van der Waals surface area contributed by atoms with Gasteiger partial charge in [0.2, 0.25) is 5.89 Å². The fraction of sp³-hybridized carbons (Fsp3) is 0.167. The van der Waals surface area contributed by atoms with Crippen LogP contribution in [-0.2, 0) is 6.54 Å². The highest BCUT2D eigenvalue weighted by atomic mass is 16.4. The Morgan fingerprint density at radius 1 is 1.04 bits per heavy atom. The number of amides is 2. The molecular weight excluding hydrogens is 334 g/mol. The molecule has 2 aromatic heterocycles. The van der Waals surface area contributed by atoms with Crippen molar-refractivity contribution in [2.24, 2.45) is 0 Å². The zero-order valence-corrected chi connectivity index (χ0v) is 14.2. The topological polar surface area (TPSA) is 115 Å². The zero-order valence-electron chi connectivity index (χ0n) is 14.2. The van der Waals surface area contributed by atoms with Crippen molar-refractivity contribution in [3.8, 4) is 11.6 Å². The summed E-state index contributed by atoms with van der Waals surface area (Å²) in [6.45, 7) is 3.46. The minimum atomic E-state index is -0.450. The molecule has 4 rings (SSSR count). The van der Waals surface area contributed by atoms with Crippen molar-refractivity contribution < 1.29 is 14.0 Å². The van der Waals surface area contributed by atoms with Crippen molar-refractivity contribution in [1.29, 1.82) is 0 Å². The smallest absolute Gasteiger partial charge is 0.268 e. The summed E-state index contributed by atoms with van der Waals surface area (Å²) in [5, 5.41) is 7.66. The number of nitrogens with two attached hydrogens (primary N) is 1. The number of pyridine rings is 1. The van der Waals surface area contributed by atoms with Crippen molar-refractivity contribution in [1.82, 2.24) is 20.1 Å². The molecule has 1 aliphatic rings. The number of aromatic nitrogens is 3. The van der Waals surface area contributed by atoms with Gasteiger partial charge in [-0.25, -0.2) is 4.98 Å². The minimum Gasteiger partial charge on any atom is -0.420 e. The standard InChI is InChI=1S/C18H15N5O3/c1-9-12-13(14(19)15(20-9)16-22-21-10(2)26-16)18(25)23(17(12)24)8-11-6-4-3-5-7-11/h3-7H,8,19H2,1-2H3. The molecule has 0 fully saturated rings. The zero-order chi connectivity index (χ0) is 18.4. The van der Waals surface area contributed by atoms with Crippen LogP contribution in [0.4, 0.5) is 5.69 Å². The molecule has 0 radical (unpaired) electrons. The lowest BCUT2D eigenvalue weighted by Crippen LogP contribution is -2.29. The molecule has 130 valence electrons. The normalized spacial score (nSPS) is 13.4. The van der Waals surface area contributed by atoms with Crippen LogP contribution in [-0.4, -0.2) is 31.9 Å². The molecule has 0 bridgehead atoms. The molecular formula is C18H15N5O3. The number of aryl methyl sites for hydroxylation is 2. The summed E-state index contributed by atoms with van der Waals surface area (Å²) in [5.41, 5.74) is 8.06. The van der Waals surface area contributed by atoms with Crippen molar-refractivity contribution in [2.45, 2.75) is 20.4 Å². The Morgan fingerprint density at radius 3 is 2.38 bits per heavy atom. The maximum atomic E-state index is 12.9. The fourth-order valence-corrected chi connectivity index (χ4v) is 3.03. The van der Waals surface area contributed by atoms with E-state index in [-0.39, 0.29) is 34.9 Å². The van der Waals surface area contributed by atoms with Crippen LogP contribution in [0, 0.1) is 13.8 Å². The number of imide groups is 1. The minimum absolute atomic E-state index is 0.0724. The van der Waals surface area contributed by atoms with E-state index in [2.05, 4.69) is 15.2 Å². The van der Waals surface area contributed by atoms with Gasteiger partial charge in [-0.05, 0) is 12.5 Å². The van der Waals surface area contributed by atoms with Crippen LogP contribution in [0.25, 0.3) is 11.6 Å². The van der Waals surface area contributed by atoms with Gasteiger partial charge in [0.1, 0.15) is 0 Å². The third-order valence-corrected chi connectivity index (χ3v) is 4.25. The second kappa shape index (κ2) is 5.76. The Labute approximate surface area is 148 Å². The van der Waals surface area contributed by atoms with Gasteiger partial charge in [0.05, 0.1) is 29.1 Å². The van der Waals surface area contributed by atoms with Crippen molar-refractivity contribution in [3.63, 3.8) is 0 Å². The molecule has 3 aromatic rings. The van der Waals surface area contributed by atoms with E-state index < -0.39 is 11.8 Å². The highest BCUT2D eigenvalue weighted by molar-refractivity contribution is 6.24. The predicted octanol–water partition coefficient (Wildman–Crippen LogP) is 2.13. The number of hydrogen-bond donors (Lipinski definition) is 1. The molecule has 2 amide bonds. The SMILES string of the molecule is Cc1nnc(-c2nc(C)c3c(c2N)C(=O)N(Cc2ccccc2)C3=O)o1. The molecule has 0 saturated carbocycles. The van der Waals surface area contributed by atoms with Crippen molar-refractivity contribution >= 4 is 17.5 Å². The molecule has 8 heteroatoms. The number of nitrogens with zero attached hydrogens (tertiary/aromatic N) is 4. The first kappa shape index (κ1) is 15.9. The van der Waals surface area contributed by atoms with Gasteiger partial charge < -0.3 is 10.2 Å². The highest BCUT2D eigenvalue weighted by Gasteiger charge is 2.40. The number of carbonyl (C=O) groups is 2. The van der Waals surface area contributed by atoms with E-state index in [1.165, 1.54) is 4.90 Å². The lowest BCUT2D eigenvalue weighted by atomic mass is 10.1. The van der Waals surface area contributed by atoms with Crippen molar-refractivity contribution in [3.05, 3.63) is 58.6 Å². The molecule has 0 unspecified atom stereocenters. The summed E-state index contributed by atoms with van der Waals surface area (Å²) in [4.78, 5) is 31.2. The van der Waals surface area contributed by atoms with Gasteiger partial charge in [0, 0.05) is 6.92 Å². The number of fused-ring (bicyclic) bond motifs is 1. The van der Waals surface area contributed by atoms with Crippen LogP contribution in [0.3, 0.4) is 0 Å². The van der Waals surface area contributed by atoms with Gasteiger partial charge in [-0.1, -0.05) is 30.3 Å². The van der Waals surface area contributed by atoms with Crippen LogP contribution in [0.15, 0.2) is 34.7 Å². The maximum absolute atomic E-state index is 12.9. The Kier molecular flexibility index (Phi) is 3.54. The summed E-state index contributed by atoms with van der Waals surface area (Å²) >= 11 is 0. The van der Waals surface area contributed by atoms with Crippen LogP contribution >= 0.6 is 0 Å². The highest BCUT2D eigenvalue weighted by Crippen LogP contribution is 2.35.